The second-order valence-electron chi connectivity index (χ2n) is 6.35. The van der Waals surface area contributed by atoms with Gasteiger partial charge in [0, 0.05) is 5.39 Å². The summed E-state index contributed by atoms with van der Waals surface area (Å²) in [5, 5.41) is 26.9. The van der Waals surface area contributed by atoms with Gasteiger partial charge in [0.05, 0.1) is 25.3 Å². The van der Waals surface area contributed by atoms with Crippen molar-refractivity contribution < 1.29 is 13.3 Å². The summed E-state index contributed by atoms with van der Waals surface area (Å²) in [6, 6.07) is 9.59. The molecular formula is C24H20N4O. The molecule has 0 aromatic heterocycles. The summed E-state index contributed by atoms with van der Waals surface area (Å²) in [7, 11) is 0. The fourth-order valence-electron chi connectivity index (χ4n) is 2.69. The zero-order valence-electron chi connectivity index (χ0n) is 21.8. The summed E-state index contributed by atoms with van der Waals surface area (Å²) in [5.74, 6) is -0.683. The van der Waals surface area contributed by atoms with Crippen molar-refractivity contribution in [3.05, 3.63) is 89.8 Å². The first-order valence-corrected chi connectivity index (χ1v) is 8.83. The molecule has 0 bridgehead atoms. The lowest BCUT2D eigenvalue weighted by molar-refractivity contribution is 0.477. The van der Waals surface area contributed by atoms with Crippen molar-refractivity contribution in [3.63, 3.8) is 0 Å². The molecule has 4 aromatic rings. The van der Waals surface area contributed by atoms with E-state index in [9.17, 15) is 5.11 Å². The Hall–Kier alpha value is -3.86. The van der Waals surface area contributed by atoms with Crippen LogP contribution in [0.4, 0.5) is 22.7 Å². The molecule has 1 N–H and O–H groups in total. The number of nitrogens with zero attached hydrogens (tertiary/aromatic N) is 4. The van der Waals surface area contributed by atoms with Gasteiger partial charge in [-0.3, -0.25) is 0 Å². The van der Waals surface area contributed by atoms with Crippen molar-refractivity contribution in [1.82, 2.24) is 0 Å². The monoisotopic (exact) mass is 386 g/mol. The lowest BCUT2D eigenvalue weighted by Crippen LogP contribution is -1.76. The first kappa shape index (κ1) is 12.6. The third-order valence-electron chi connectivity index (χ3n) is 4.28. The van der Waals surface area contributed by atoms with Crippen molar-refractivity contribution >= 4 is 33.5 Å². The van der Waals surface area contributed by atoms with Crippen LogP contribution < -0.4 is 0 Å². The number of aromatic hydroxyl groups is 1. The second kappa shape index (κ2) is 8.02. The Morgan fingerprint density at radius 2 is 1.52 bits per heavy atom. The van der Waals surface area contributed by atoms with Gasteiger partial charge in [0.15, 0.2) is 0 Å². The summed E-state index contributed by atoms with van der Waals surface area (Å²) in [5.41, 5.74) is 3.18. The highest BCUT2D eigenvalue weighted by molar-refractivity contribution is 5.95. The first-order valence-electron chi connectivity index (χ1n) is 11.8. The maximum absolute atomic E-state index is 10.5. The Morgan fingerprint density at radius 1 is 0.759 bits per heavy atom. The van der Waals surface area contributed by atoms with E-state index in [0.29, 0.717) is 16.9 Å². The van der Waals surface area contributed by atoms with Crippen LogP contribution in [0, 0.1) is 13.8 Å². The van der Waals surface area contributed by atoms with Crippen molar-refractivity contribution in [3.8, 4) is 5.75 Å². The van der Waals surface area contributed by atoms with Gasteiger partial charge in [-0.25, -0.2) is 0 Å². The lowest BCUT2D eigenvalue weighted by Gasteiger charge is -2.04. The highest BCUT2D eigenvalue weighted by Crippen LogP contribution is 2.36. The molecule has 0 atom stereocenters. The van der Waals surface area contributed by atoms with E-state index in [2.05, 4.69) is 20.5 Å². The molecule has 29 heavy (non-hydrogen) atoms. The van der Waals surface area contributed by atoms with E-state index in [1.165, 1.54) is 0 Å². The van der Waals surface area contributed by atoms with Crippen LogP contribution in [0.1, 0.15) is 19.4 Å². The van der Waals surface area contributed by atoms with Crippen LogP contribution in [0.3, 0.4) is 0 Å². The predicted octanol–water partition coefficient (Wildman–Crippen LogP) is 7.99. The summed E-state index contributed by atoms with van der Waals surface area (Å²) in [6.07, 6.45) is 0. The molecule has 0 spiro atoms. The Labute approximate surface area is 177 Å². The minimum Gasteiger partial charge on any atom is -0.506 e. The molecule has 142 valence electrons. The Morgan fingerprint density at radius 3 is 2.34 bits per heavy atom. The van der Waals surface area contributed by atoms with Gasteiger partial charge < -0.3 is 5.11 Å². The maximum atomic E-state index is 10.5. The molecule has 0 radical (unpaired) electrons. The summed E-state index contributed by atoms with van der Waals surface area (Å²) in [4.78, 5) is 0. The fraction of sp³-hybridized carbons (Fsp3) is 0.0833. The van der Waals surface area contributed by atoms with E-state index >= 15 is 0 Å². The average Bonchev–Trinajstić information content (AvgIpc) is 2.84. The number of benzene rings is 4. The standard InChI is InChI=1S/C24H20N4O/c1-16-7-3-6-10-21(16)26-25-19-12-13-22(17(2)15-19)27-28-24-20-9-5-4-8-18(20)11-14-23(24)29/h3-15,29H,1-2H3/i4D,5D,8D,9D,11D,14D. The Kier molecular flexibility index (Phi) is 3.48. The molecule has 5 heteroatoms. The van der Waals surface area contributed by atoms with Gasteiger partial charge in [-0.15, -0.1) is 5.11 Å². The molecule has 4 rings (SSSR count). The highest BCUT2D eigenvalue weighted by Gasteiger charge is 2.06. The van der Waals surface area contributed by atoms with E-state index in [0.717, 1.165) is 11.3 Å². The molecule has 0 unspecified atom stereocenters. The summed E-state index contributed by atoms with van der Waals surface area (Å²) >= 11 is 0. The Bertz CT molecular complexity index is 1540. The van der Waals surface area contributed by atoms with Crippen molar-refractivity contribution in [2.75, 3.05) is 0 Å². The van der Waals surface area contributed by atoms with Crippen LogP contribution in [-0.4, -0.2) is 5.11 Å². The highest BCUT2D eigenvalue weighted by atomic mass is 16.3. The van der Waals surface area contributed by atoms with E-state index in [1.54, 1.807) is 25.1 Å². The zero-order valence-corrected chi connectivity index (χ0v) is 15.8. The van der Waals surface area contributed by atoms with Crippen molar-refractivity contribution in [2.24, 2.45) is 20.5 Å². The van der Waals surface area contributed by atoms with E-state index in [4.69, 9.17) is 8.22 Å². The largest absolute Gasteiger partial charge is 0.506 e. The number of azo groups is 2. The first-order chi connectivity index (χ1) is 16.6. The molecule has 0 heterocycles. The minimum absolute atomic E-state index is 0.167. The van der Waals surface area contributed by atoms with Gasteiger partial charge in [0.1, 0.15) is 11.4 Å². The van der Waals surface area contributed by atoms with Crippen LogP contribution in [0.2, 0.25) is 0 Å². The molecule has 0 saturated carbocycles. The van der Waals surface area contributed by atoms with Gasteiger partial charge >= 0.3 is 0 Å². The number of hydrogen-bond donors (Lipinski definition) is 1. The fourth-order valence-corrected chi connectivity index (χ4v) is 2.69. The maximum Gasteiger partial charge on any atom is 0.143 e. The van der Waals surface area contributed by atoms with Crippen LogP contribution >= 0.6 is 0 Å². The number of phenols is 1. The molecular weight excluding hydrogens is 360 g/mol. The van der Waals surface area contributed by atoms with Gasteiger partial charge in [0.2, 0.25) is 0 Å². The van der Waals surface area contributed by atoms with Crippen LogP contribution in [0.5, 0.6) is 5.75 Å². The van der Waals surface area contributed by atoms with Crippen molar-refractivity contribution in [2.45, 2.75) is 13.8 Å². The van der Waals surface area contributed by atoms with Crippen LogP contribution in [0.25, 0.3) is 10.8 Å². The molecule has 0 aliphatic rings. The number of rotatable bonds is 4. The molecule has 4 aromatic carbocycles. The smallest absolute Gasteiger partial charge is 0.143 e. The Balaban J connectivity index is 1.77. The van der Waals surface area contributed by atoms with E-state index in [1.807, 2.05) is 31.2 Å². The van der Waals surface area contributed by atoms with Gasteiger partial charge in [-0.2, -0.15) is 15.3 Å². The SMILES string of the molecule is [2H]c1c([2H])c([2H])c2c(N=Nc3ccc(N=Nc4ccccc4C)cc3C)c(O)c([2H])c([2H])c2c1[2H]. The van der Waals surface area contributed by atoms with E-state index < -0.39 is 42.0 Å². The number of aryl methyl sites for hydroxylation is 2. The normalized spacial score (nSPS) is 14.6. The molecule has 0 saturated heterocycles. The quantitative estimate of drug-likeness (QED) is 0.355. The average molecular weight is 386 g/mol. The molecule has 0 amide bonds. The van der Waals surface area contributed by atoms with Crippen molar-refractivity contribution in [1.29, 1.82) is 0 Å². The number of hydrogen-bond acceptors (Lipinski definition) is 5. The lowest BCUT2D eigenvalue weighted by atomic mass is 10.1. The minimum atomic E-state index is -0.683. The molecule has 0 aliphatic heterocycles. The third-order valence-corrected chi connectivity index (χ3v) is 4.28. The number of phenolic OH excluding ortho intramolecular Hbond substituents is 1. The van der Waals surface area contributed by atoms with Gasteiger partial charge in [-0.1, -0.05) is 48.4 Å². The molecule has 5 nitrogen and oxygen atoms in total. The van der Waals surface area contributed by atoms with Crippen LogP contribution in [0.15, 0.2) is 99.2 Å². The number of fused-ring (bicyclic) bond motifs is 1. The summed E-state index contributed by atoms with van der Waals surface area (Å²) < 4.78 is 48.3. The zero-order chi connectivity index (χ0) is 25.4. The summed E-state index contributed by atoms with van der Waals surface area (Å²) in [6.45, 7) is 3.73. The second-order valence-corrected chi connectivity index (χ2v) is 6.35. The van der Waals surface area contributed by atoms with Gasteiger partial charge in [-0.05, 0) is 60.7 Å². The topological polar surface area (TPSA) is 69.7 Å². The third kappa shape index (κ3) is 4.04. The molecule has 0 aliphatic carbocycles. The van der Waals surface area contributed by atoms with Crippen LogP contribution in [-0.2, 0) is 0 Å². The van der Waals surface area contributed by atoms with Gasteiger partial charge in [0.25, 0.3) is 0 Å². The predicted molar refractivity (Wildman–Crippen MR) is 116 cm³/mol. The molecule has 0 fully saturated rings. The van der Waals surface area contributed by atoms with E-state index in [-0.39, 0.29) is 16.5 Å².